The zero-order chi connectivity index (χ0) is 13.2. The summed E-state index contributed by atoms with van der Waals surface area (Å²) in [5.41, 5.74) is 2.47. The second kappa shape index (κ2) is 4.61. The Balaban J connectivity index is 2.11. The van der Waals surface area contributed by atoms with Crippen molar-refractivity contribution in [3.05, 3.63) is 54.1 Å². The maximum atomic E-state index is 12.5. The molecule has 5 heteroatoms. The summed E-state index contributed by atoms with van der Waals surface area (Å²) in [6.45, 7) is 2.72. The standard InChI is InChI=1S/C14H12N4O/c1-2-18-9-10(8-17-18)14(19)11-4-3-5-12-13(11)16-7-6-15-12/h3-9H,2H2,1H3. The van der Waals surface area contributed by atoms with E-state index in [-0.39, 0.29) is 5.78 Å². The van der Waals surface area contributed by atoms with E-state index in [9.17, 15) is 4.79 Å². The van der Waals surface area contributed by atoms with Crippen LogP contribution in [0.1, 0.15) is 22.8 Å². The van der Waals surface area contributed by atoms with Crippen LogP contribution in [0.3, 0.4) is 0 Å². The highest BCUT2D eigenvalue weighted by Gasteiger charge is 2.15. The summed E-state index contributed by atoms with van der Waals surface area (Å²) in [5, 5.41) is 4.12. The predicted molar refractivity (Wildman–Crippen MR) is 70.9 cm³/mol. The SMILES string of the molecule is CCn1cc(C(=O)c2cccc3nccnc23)cn1. The lowest BCUT2D eigenvalue weighted by molar-refractivity contribution is 0.104. The highest BCUT2D eigenvalue weighted by Crippen LogP contribution is 2.17. The van der Waals surface area contributed by atoms with Gasteiger partial charge in [0.15, 0.2) is 5.78 Å². The van der Waals surface area contributed by atoms with Crippen molar-refractivity contribution in [3.8, 4) is 0 Å². The third-order valence-corrected chi connectivity index (χ3v) is 2.96. The van der Waals surface area contributed by atoms with Gasteiger partial charge in [-0.05, 0) is 19.1 Å². The quantitative estimate of drug-likeness (QED) is 0.669. The van der Waals surface area contributed by atoms with Crippen molar-refractivity contribution in [2.45, 2.75) is 13.5 Å². The largest absolute Gasteiger partial charge is 0.288 e. The number of hydrogen-bond acceptors (Lipinski definition) is 4. The molecular weight excluding hydrogens is 240 g/mol. The summed E-state index contributed by atoms with van der Waals surface area (Å²) in [4.78, 5) is 20.9. The highest BCUT2D eigenvalue weighted by molar-refractivity contribution is 6.14. The van der Waals surface area contributed by atoms with Crippen LogP contribution in [0.25, 0.3) is 11.0 Å². The fourth-order valence-corrected chi connectivity index (χ4v) is 1.99. The van der Waals surface area contributed by atoms with E-state index in [0.29, 0.717) is 16.6 Å². The average Bonchev–Trinajstić information content (AvgIpc) is 2.95. The maximum absolute atomic E-state index is 12.5. The number of aryl methyl sites for hydroxylation is 1. The van der Waals surface area contributed by atoms with E-state index in [1.54, 1.807) is 35.5 Å². The number of rotatable bonds is 3. The number of ketones is 1. The second-order valence-electron chi connectivity index (χ2n) is 4.14. The van der Waals surface area contributed by atoms with Gasteiger partial charge in [0.2, 0.25) is 0 Å². The molecule has 0 spiro atoms. The van der Waals surface area contributed by atoms with Gasteiger partial charge >= 0.3 is 0 Å². The molecule has 0 radical (unpaired) electrons. The second-order valence-corrected chi connectivity index (χ2v) is 4.14. The summed E-state index contributed by atoms with van der Waals surface area (Å²) in [7, 11) is 0. The molecule has 0 bridgehead atoms. The van der Waals surface area contributed by atoms with Gasteiger partial charge in [-0.2, -0.15) is 5.10 Å². The fourth-order valence-electron chi connectivity index (χ4n) is 1.99. The summed E-state index contributed by atoms with van der Waals surface area (Å²) >= 11 is 0. The summed E-state index contributed by atoms with van der Waals surface area (Å²) < 4.78 is 1.73. The van der Waals surface area contributed by atoms with E-state index in [1.807, 2.05) is 19.1 Å². The van der Waals surface area contributed by atoms with E-state index in [4.69, 9.17) is 0 Å². The molecule has 2 heterocycles. The van der Waals surface area contributed by atoms with Crippen LogP contribution in [0.15, 0.2) is 43.0 Å². The van der Waals surface area contributed by atoms with E-state index in [1.165, 1.54) is 0 Å². The van der Waals surface area contributed by atoms with Crippen molar-refractivity contribution in [3.63, 3.8) is 0 Å². The Kier molecular flexibility index (Phi) is 2.79. The van der Waals surface area contributed by atoms with E-state index in [0.717, 1.165) is 12.1 Å². The Morgan fingerprint density at radius 1 is 1.26 bits per heavy atom. The lowest BCUT2D eigenvalue weighted by atomic mass is 10.0. The van der Waals surface area contributed by atoms with Crippen LogP contribution in [0.4, 0.5) is 0 Å². The zero-order valence-electron chi connectivity index (χ0n) is 10.4. The number of fused-ring (bicyclic) bond motifs is 1. The molecule has 5 nitrogen and oxygen atoms in total. The van der Waals surface area contributed by atoms with Gasteiger partial charge < -0.3 is 0 Å². The van der Waals surface area contributed by atoms with Crippen molar-refractivity contribution in [1.82, 2.24) is 19.7 Å². The predicted octanol–water partition coefficient (Wildman–Crippen LogP) is 2.08. The third kappa shape index (κ3) is 1.99. The van der Waals surface area contributed by atoms with Crippen LogP contribution >= 0.6 is 0 Å². The van der Waals surface area contributed by atoms with Crippen molar-refractivity contribution >= 4 is 16.8 Å². The molecule has 19 heavy (non-hydrogen) atoms. The van der Waals surface area contributed by atoms with Crippen molar-refractivity contribution in [1.29, 1.82) is 0 Å². The number of aromatic nitrogens is 4. The first-order valence-corrected chi connectivity index (χ1v) is 6.06. The number of benzene rings is 1. The van der Waals surface area contributed by atoms with Crippen molar-refractivity contribution in [2.24, 2.45) is 0 Å². The maximum Gasteiger partial charge on any atom is 0.198 e. The van der Waals surface area contributed by atoms with E-state index in [2.05, 4.69) is 15.1 Å². The molecule has 0 aliphatic rings. The Labute approximate surface area is 109 Å². The average molecular weight is 252 g/mol. The molecule has 0 saturated heterocycles. The Bertz CT molecular complexity index is 743. The van der Waals surface area contributed by atoms with Gasteiger partial charge in [-0.3, -0.25) is 19.4 Å². The van der Waals surface area contributed by atoms with Crippen LogP contribution in [0.2, 0.25) is 0 Å². The minimum absolute atomic E-state index is 0.0780. The molecule has 0 aliphatic carbocycles. The van der Waals surface area contributed by atoms with Crippen LogP contribution in [0, 0.1) is 0 Å². The van der Waals surface area contributed by atoms with Crippen LogP contribution in [-0.2, 0) is 6.54 Å². The zero-order valence-corrected chi connectivity index (χ0v) is 10.4. The summed E-state index contributed by atoms with van der Waals surface area (Å²) in [6, 6.07) is 5.42. The molecular formula is C14H12N4O. The van der Waals surface area contributed by atoms with Crippen molar-refractivity contribution < 1.29 is 4.79 Å². The van der Waals surface area contributed by atoms with Gasteiger partial charge in [-0.15, -0.1) is 0 Å². The van der Waals surface area contributed by atoms with Gasteiger partial charge in [0.05, 0.1) is 28.4 Å². The highest BCUT2D eigenvalue weighted by atomic mass is 16.1. The first kappa shape index (κ1) is 11.5. The van der Waals surface area contributed by atoms with E-state index >= 15 is 0 Å². The molecule has 3 rings (SSSR count). The first-order chi connectivity index (χ1) is 9.29. The fraction of sp³-hybridized carbons (Fsp3) is 0.143. The number of carbonyl (C=O) groups excluding carboxylic acids is 1. The van der Waals surface area contributed by atoms with Gasteiger partial charge in [0, 0.05) is 25.1 Å². The molecule has 0 atom stereocenters. The van der Waals surface area contributed by atoms with Gasteiger partial charge in [0.1, 0.15) is 0 Å². The Morgan fingerprint density at radius 3 is 2.89 bits per heavy atom. The van der Waals surface area contributed by atoms with E-state index < -0.39 is 0 Å². The van der Waals surface area contributed by atoms with Gasteiger partial charge in [0.25, 0.3) is 0 Å². The van der Waals surface area contributed by atoms with Crippen LogP contribution in [0.5, 0.6) is 0 Å². The molecule has 0 saturated carbocycles. The molecule has 0 fully saturated rings. The lowest BCUT2D eigenvalue weighted by Gasteiger charge is -2.02. The topological polar surface area (TPSA) is 60.7 Å². The normalized spacial score (nSPS) is 10.8. The Hall–Kier alpha value is -2.56. The van der Waals surface area contributed by atoms with Gasteiger partial charge in [-0.25, -0.2) is 0 Å². The smallest absolute Gasteiger partial charge is 0.198 e. The molecule has 2 aromatic heterocycles. The molecule has 3 aromatic rings. The van der Waals surface area contributed by atoms with Crippen molar-refractivity contribution in [2.75, 3.05) is 0 Å². The number of hydrogen-bond donors (Lipinski definition) is 0. The number of carbonyl (C=O) groups is 1. The molecule has 0 N–H and O–H groups in total. The molecule has 1 aromatic carbocycles. The third-order valence-electron chi connectivity index (χ3n) is 2.96. The summed E-state index contributed by atoms with van der Waals surface area (Å²) in [5.74, 6) is -0.0780. The number of nitrogens with zero attached hydrogens (tertiary/aromatic N) is 4. The van der Waals surface area contributed by atoms with Gasteiger partial charge in [-0.1, -0.05) is 6.07 Å². The monoisotopic (exact) mass is 252 g/mol. The molecule has 0 amide bonds. The molecule has 94 valence electrons. The molecule has 0 aliphatic heterocycles. The molecule has 0 unspecified atom stereocenters. The number of para-hydroxylation sites is 1. The lowest BCUT2D eigenvalue weighted by Crippen LogP contribution is -2.02. The summed E-state index contributed by atoms with van der Waals surface area (Å²) in [6.07, 6.45) is 6.54. The van der Waals surface area contributed by atoms with Crippen LogP contribution < -0.4 is 0 Å². The minimum atomic E-state index is -0.0780. The van der Waals surface area contributed by atoms with Crippen LogP contribution in [-0.4, -0.2) is 25.5 Å². The minimum Gasteiger partial charge on any atom is -0.288 e. The first-order valence-electron chi connectivity index (χ1n) is 6.06. The Morgan fingerprint density at radius 2 is 2.11 bits per heavy atom.